The fourth-order valence-corrected chi connectivity index (χ4v) is 3.65. The van der Waals surface area contributed by atoms with Gasteiger partial charge in [-0.05, 0) is 19.8 Å². The number of aryl methyl sites for hydroxylation is 1. The van der Waals surface area contributed by atoms with Crippen LogP contribution in [0.3, 0.4) is 0 Å². The minimum Gasteiger partial charge on any atom is -0.386 e. The van der Waals surface area contributed by atoms with Crippen molar-refractivity contribution >= 4 is 11.3 Å². The highest BCUT2D eigenvalue weighted by Crippen LogP contribution is 2.43. The molecule has 0 radical (unpaired) electrons. The first-order chi connectivity index (χ1) is 8.68. The van der Waals surface area contributed by atoms with E-state index in [0.29, 0.717) is 6.54 Å². The summed E-state index contributed by atoms with van der Waals surface area (Å²) in [6.07, 6.45) is 7.78. The van der Waals surface area contributed by atoms with Crippen LogP contribution in [0.2, 0.25) is 0 Å². The maximum absolute atomic E-state index is 10.7. The number of rotatable bonds is 3. The zero-order chi connectivity index (χ0) is 13.0. The summed E-state index contributed by atoms with van der Waals surface area (Å²) in [5.74, 6) is 0. The van der Waals surface area contributed by atoms with Gasteiger partial charge in [-0.3, -0.25) is 0 Å². The molecule has 1 aromatic rings. The first kappa shape index (κ1) is 14.0. The standard InChI is InChI=1S/C14H24N2OS/c1-11-16-12(9-18-11)13(17)14(10-15)7-5-3-2-4-6-8-14/h9,13,17H,2-8,10,15H2,1H3. The van der Waals surface area contributed by atoms with E-state index < -0.39 is 6.10 Å². The number of hydrogen-bond acceptors (Lipinski definition) is 4. The second kappa shape index (κ2) is 6.13. The number of aromatic nitrogens is 1. The van der Waals surface area contributed by atoms with Gasteiger partial charge < -0.3 is 10.8 Å². The lowest BCUT2D eigenvalue weighted by Gasteiger charge is -2.38. The lowest BCUT2D eigenvalue weighted by atomic mass is 9.71. The third-order valence-corrected chi connectivity index (χ3v) is 5.04. The summed E-state index contributed by atoms with van der Waals surface area (Å²) in [6, 6.07) is 0. The van der Waals surface area contributed by atoms with Crippen molar-refractivity contribution in [3.63, 3.8) is 0 Å². The van der Waals surface area contributed by atoms with Crippen LogP contribution in [-0.2, 0) is 0 Å². The number of aliphatic hydroxyl groups is 1. The molecule has 0 spiro atoms. The monoisotopic (exact) mass is 268 g/mol. The first-order valence-corrected chi connectivity index (χ1v) is 7.86. The van der Waals surface area contributed by atoms with E-state index in [1.54, 1.807) is 11.3 Å². The van der Waals surface area contributed by atoms with Gasteiger partial charge in [0.15, 0.2) is 0 Å². The molecule has 4 heteroatoms. The van der Waals surface area contributed by atoms with Crippen molar-refractivity contribution in [1.82, 2.24) is 4.98 Å². The van der Waals surface area contributed by atoms with E-state index in [9.17, 15) is 5.11 Å². The van der Waals surface area contributed by atoms with Crippen molar-refractivity contribution in [2.45, 2.75) is 58.0 Å². The fraction of sp³-hybridized carbons (Fsp3) is 0.786. The molecule has 18 heavy (non-hydrogen) atoms. The Balaban J connectivity index is 2.18. The average Bonchev–Trinajstić information content (AvgIpc) is 2.76. The SMILES string of the molecule is Cc1nc(C(O)C2(CN)CCCCCCC2)cs1. The molecule has 3 nitrogen and oxygen atoms in total. The summed E-state index contributed by atoms with van der Waals surface area (Å²) >= 11 is 1.60. The van der Waals surface area contributed by atoms with Crippen LogP contribution in [0.15, 0.2) is 5.38 Å². The Morgan fingerprint density at radius 2 is 1.94 bits per heavy atom. The Morgan fingerprint density at radius 3 is 2.44 bits per heavy atom. The average molecular weight is 268 g/mol. The van der Waals surface area contributed by atoms with E-state index >= 15 is 0 Å². The molecule has 3 N–H and O–H groups in total. The highest BCUT2D eigenvalue weighted by atomic mass is 32.1. The molecule has 2 rings (SSSR count). The molecular formula is C14H24N2OS. The van der Waals surface area contributed by atoms with Gasteiger partial charge in [-0.1, -0.05) is 32.1 Å². The summed E-state index contributed by atoms with van der Waals surface area (Å²) in [7, 11) is 0. The van der Waals surface area contributed by atoms with Crippen LogP contribution in [-0.4, -0.2) is 16.6 Å². The largest absolute Gasteiger partial charge is 0.386 e. The van der Waals surface area contributed by atoms with Gasteiger partial charge in [-0.25, -0.2) is 4.98 Å². The van der Waals surface area contributed by atoms with Crippen molar-refractivity contribution in [1.29, 1.82) is 0 Å². The molecule has 1 aliphatic rings. The molecule has 0 saturated heterocycles. The molecule has 0 aliphatic heterocycles. The van der Waals surface area contributed by atoms with Gasteiger partial charge >= 0.3 is 0 Å². The molecular weight excluding hydrogens is 244 g/mol. The van der Waals surface area contributed by atoms with E-state index in [1.807, 2.05) is 12.3 Å². The maximum Gasteiger partial charge on any atom is 0.104 e. The predicted octanol–water partition coefficient (Wildman–Crippen LogP) is 3.17. The van der Waals surface area contributed by atoms with Crippen molar-refractivity contribution in [2.24, 2.45) is 11.1 Å². The van der Waals surface area contributed by atoms with E-state index in [2.05, 4.69) is 4.98 Å². The highest BCUT2D eigenvalue weighted by molar-refractivity contribution is 7.09. The van der Waals surface area contributed by atoms with Crippen LogP contribution in [0.1, 0.15) is 61.8 Å². The summed E-state index contributed by atoms with van der Waals surface area (Å²) in [6.45, 7) is 2.54. The number of nitrogens with two attached hydrogens (primary N) is 1. The Bertz CT molecular complexity index is 370. The number of hydrogen-bond donors (Lipinski definition) is 2. The van der Waals surface area contributed by atoms with Crippen LogP contribution < -0.4 is 5.73 Å². The van der Waals surface area contributed by atoms with Gasteiger partial charge in [0.25, 0.3) is 0 Å². The Labute approximate surface area is 113 Å². The lowest BCUT2D eigenvalue weighted by Crippen LogP contribution is -2.37. The molecule has 0 bridgehead atoms. The van der Waals surface area contributed by atoms with Crippen molar-refractivity contribution in [3.05, 3.63) is 16.1 Å². The molecule has 1 unspecified atom stereocenters. The molecule has 0 aromatic carbocycles. The third-order valence-electron chi connectivity index (χ3n) is 4.25. The molecule has 1 aliphatic carbocycles. The minimum absolute atomic E-state index is 0.152. The van der Waals surface area contributed by atoms with Crippen LogP contribution in [0.4, 0.5) is 0 Å². The van der Waals surface area contributed by atoms with Gasteiger partial charge in [0, 0.05) is 17.3 Å². The fourth-order valence-electron chi connectivity index (χ4n) is 3.02. The second-order valence-corrected chi connectivity index (χ2v) is 6.59. The van der Waals surface area contributed by atoms with Gasteiger partial charge in [0.05, 0.1) is 10.7 Å². The van der Waals surface area contributed by atoms with Crippen LogP contribution in [0.25, 0.3) is 0 Å². The molecule has 1 fully saturated rings. The number of nitrogens with zero attached hydrogens (tertiary/aromatic N) is 1. The maximum atomic E-state index is 10.7. The Kier molecular flexibility index (Phi) is 4.76. The molecule has 1 aromatic heterocycles. The summed E-state index contributed by atoms with van der Waals surface area (Å²) < 4.78 is 0. The van der Waals surface area contributed by atoms with Crippen LogP contribution in [0.5, 0.6) is 0 Å². The summed E-state index contributed by atoms with van der Waals surface area (Å²) in [4.78, 5) is 4.45. The molecule has 1 heterocycles. The lowest BCUT2D eigenvalue weighted by molar-refractivity contribution is 0.00588. The topological polar surface area (TPSA) is 59.1 Å². The zero-order valence-corrected chi connectivity index (χ0v) is 12.0. The third kappa shape index (κ3) is 2.92. The summed E-state index contributed by atoms with van der Waals surface area (Å²) in [5.41, 5.74) is 6.69. The van der Waals surface area contributed by atoms with Gasteiger partial charge in [0.1, 0.15) is 6.10 Å². The first-order valence-electron chi connectivity index (χ1n) is 6.98. The number of aliphatic hydroxyl groups excluding tert-OH is 1. The molecule has 1 atom stereocenters. The smallest absolute Gasteiger partial charge is 0.104 e. The highest BCUT2D eigenvalue weighted by Gasteiger charge is 2.38. The van der Waals surface area contributed by atoms with E-state index in [-0.39, 0.29) is 5.41 Å². The Hall–Kier alpha value is -0.450. The van der Waals surface area contributed by atoms with E-state index in [1.165, 1.54) is 32.1 Å². The van der Waals surface area contributed by atoms with E-state index in [0.717, 1.165) is 23.5 Å². The van der Waals surface area contributed by atoms with Gasteiger partial charge in [0.2, 0.25) is 0 Å². The van der Waals surface area contributed by atoms with Crippen molar-refractivity contribution < 1.29 is 5.11 Å². The Morgan fingerprint density at radius 1 is 1.33 bits per heavy atom. The van der Waals surface area contributed by atoms with Crippen LogP contribution in [0, 0.1) is 12.3 Å². The van der Waals surface area contributed by atoms with Crippen molar-refractivity contribution in [3.8, 4) is 0 Å². The van der Waals surface area contributed by atoms with Crippen LogP contribution >= 0.6 is 11.3 Å². The molecule has 0 amide bonds. The predicted molar refractivity (Wildman–Crippen MR) is 75.6 cm³/mol. The second-order valence-electron chi connectivity index (χ2n) is 5.53. The summed E-state index contributed by atoms with van der Waals surface area (Å²) in [5, 5.41) is 13.7. The number of thiazole rings is 1. The van der Waals surface area contributed by atoms with Gasteiger partial charge in [-0.15, -0.1) is 11.3 Å². The van der Waals surface area contributed by atoms with Gasteiger partial charge in [-0.2, -0.15) is 0 Å². The zero-order valence-electron chi connectivity index (χ0n) is 11.2. The molecule has 1 saturated carbocycles. The molecule has 102 valence electrons. The minimum atomic E-state index is -0.495. The van der Waals surface area contributed by atoms with Crippen molar-refractivity contribution in [2.75, 3.05) is 6.54 Å². The van der Waals surface area contributed by atoms with E-state index in [4.69, 9.17) is 5.73 Å². The quantitative estimate of drug-likeness (QED) is 0.885. The normalized spacial score (nSPS) is 22.2.